The molecule has 14 heavy (non-hydrogen) atoms. The Morgan fingerprint density at radius 1 is 1.29 bits per heavy atom. The third-order valence-electron chi connectivity index (χ3n) is 2.81. The van der Waals surface area contributed by atoms with Gasteiger partial charge in [0, 0.05) is 6.54 Å². The number of nitrogens with one attached hydrogen (secondary N) is 1. The van der Waals surface area contributed by atoms with Crippen LogP contribution in [0.15, 0.2) is 24.3 Å². The largest absolute Gasteiger partial charge is 0.316 e. The highest BCUT2D eigenvalue weighted by atomic mass is 14.9. The van der Waals surface area contributed by atoms with Crippen LogP contribution in [0.5, 0.6) is 0 Å². The molecule has 0 amide bonds. The molecule has 1 heterocycles. The average molecular weight is 186 g/mol. The molecule has 1 fully saturated rings. The average Bonchev–Trinajstić information content (AvgIpc) is 2.30. The zero-order valence-corrected chi connectivity index (χ0v) is 8.16. The van der Waals surface area contributed by atoms with Gasteiger partial charge in [-0.3, -0.25) is 0 Å². The first-order chi connectivity index (χ1) is 6.90. The van der Waals surface area contributed by atoms with Gasteiger partial charge in [-0.15, -0.1) is 0 Å². The molecule has 72 valence electrons. The Morgan fingerprint density at radius 3 is 2.64 bits per heavy atom. The van der Waals surface area contributed by atoms with E-state index >= 15 is 0 Å². The van der Waals surface area contributed by atoms with Gasteiger partial charge in [0.25, 0.3) is 0 Å². The first-order valence-electron chi connectivity index (χ1n) is 5.11. The van der Waals surface area contributed by atoms with Crippen LogP contribution in [0.25, 0.3) is 0 Å². The number of hydrogen-bond acceptors (Lipinski definition) is 2. The molecule has 0 saturated carbocycles. The fourth-order valence-corrected chi connectivity index (χ4v) is 1.97. The van der Waals surface area contributed by atoms with E-state index in [2.05, 4.69) is 23.5 Å². The van der Waals surface area contributed by atoms with Crippen molar-refractivity contribution in [1.82, 2.24) is 5.32 Å². The van der Waals surface area contributed by atoms with Crippen molar-refractivity contribution in [2.45, 2.75) is 18.8 Å². The van der Waals surface area contributed by atoms with Gasteiger partial charge >= 0.3 is 0 Å². The van der Waals surface area contributed by atoms with Crippen LogP contribution >= 0.6 is 0 Å². The normalized spacial score (nSPS) is 21.5. The van der Waals surface area contributed by atoms with Gasteiger partial charge in [0.2, 0.25) is 0 Å². The molecule has 0 unspecified atom stereocenters. The standard InChI is InChI=1S/C12H14N2/c13-8-10-3-5-11(6-4-10)12-2-1-7-14-9-12/h3-6,12,14H,1-2,7,9H2/t12-/m1/s1. The molecular formula is C12H14N2. The maximum absolute atomic E-state index is 8.68. The molecule has 1 aromatic carbocycles. The molecule has 1 aromatic rings. The summed E-state index contributed by atoms with van der Waals surface area (Å²) in [6.45, 7) is 2.22. The van der Waals surface area contributed by atoms with E-state index in [9.17, 15) is 0 Å². The van der Waals surface area contributed by atoms with Crippen LogP contribution in [0, 0.1) is 11.3 Å². The molecule has 2 heteroatoms. The molecular weight excluding hydrogens is 172 g/mol. The summed E-state index contributed by atoms with van der Waals surface area (Å²) >= 11 is 0. The van der Waals surface area contributed by atoms with Gasteiger partial charge in [0.05, 0.1) is 11.6 Å². The fraction of sp³-hybridized carbons (Fsp3) is 0.417. The lowest BCUT2D eigenvalue weighted by Gasteiger charge is -2.22. The zero-order chi connectivity index (χ0) is 9.80. The van der Waals surface area contributed by atoms with E-state index < -0.39 is 0 Å². The molecule has 1 saturated heterocycles. The smallest absolute Gasteiger partial charge is 0.0991 e. The second-order valence-electron chi connectivity index (χ2n) is 3.78. The van der Waals surface area contributed by atoms with E-state index in [1.807, 2.05) is 12.1 Å². The second-order valence-corrected chi connectivity index (χ2v) is 3.78. The number of piperidine rings is 1. The summed E-state index contributed by atoms with van der Waals surface area (Å²) < 4.78 is 0. The minimum atomic E-state index is 0.636. The highest BCUT2D eigenvalue weighted by Gasteiger charge is 2.14. The van der Waals surface area contributed by atoms with Gasteiger partial charge in [0.15, 0.2) is 0 Å². The monoisotopic (exact) mass is 186 g/mol. The Bertz CT molecular complexity index is 328. The van der Waals surface area contributed by atoms with Gasteiger partial charge in [-0.25, -0.2) is 0 Å². The van der Waals surface area contributed by atoms with Gasteiger partial charge < -0.3 is 5.32 Å². The molecule has 1 N–H and O–H groups in total. The SMILES string of the molecule is N#Cc1ccc([C@@H]2CCCNC2)cc1. The van der Waals surface area contributed by atoms with Gasteiger partial charge in [0.1, 0.15) is 0 Å². The molecule has 1 aliphatic rings. The number of benzene rings is 1. The van der Waals surface area contributed by atoms with Crippen LogP contribution in [-0.2, 0) is 0 Å². The van der Waals surface area contributed by atoms with Crippen LogP contribution < -0.4 is 5.32 Å². The van der Waals surface area contributed by atoms with Crippen molar-refractivity contribution in [2.75, 3.05) is 13.1 Å². The highest BCUT2D eigenvalue weighted by molar-refractivity contribution is 5.33. The van der Waals surface area contributed by atoms with Crippen molar-refractivity contribution in [3.63, 3.8) is 0 Å². The predicted molar refractivity (Wildman–Crippen MR) is 56.0 cm³/mol. The van der Waals surface area contributed by atoms with Crippen molar-refractivity contribution in [2.24, 2.45) is 0 Å². The summed E-state index contributed by atoms with van der Waals surface area (Å²) in [6, 6.07) is 10.1. The third-order valence-corrected chi connectivity index (χ3v) is 2.81. The van der Waals surface area contributed by atoms with Crippen LogP contribution in [-0.4, -0.2) is 13.1 Å². The van der Waals surface area contributed by atoms with E-state index in [-0.39, 0.29) is 0 Å². The Morgan fingerprint density at radius 2 is 2.07 bits per heavy atom. The molecule has 0 radical (unpaired) electrons. The van der Waals surface area contributed by atoms with E-state index in [1.165, 1.54) is 18.4 Å². The maximum atomic E-state index is 8.68. The summed E-state index contributed by atoms with van der Waals surface area (Å²) in [5.74, 6) is 0.636. The molecule has 0 aliphatic carbocycles. The molecule has 1 aliphatic heterocycles. The van der Waals surface area contributed by atoms with Crippen LogP contribution in [0.1, 0.15) is 29.9 Å². The van der Waals surface area contributed by atoms with E-state index in [4.69, 9.17) is 5.26 Å². The first kappa shape index (κ1) is 9.23. The Labute approximate surface area is 84.6 Å². The number of nitriles is 1. The highest BCUT2D eigenvalue weighted by Crippen LogP contribution is 2.22. The fourth-order valence-electron chi connectivity index (χ4n) is 1.97. The Kier molecular flexibility index (Phi) is 2.81. The van der Waals surface area contributed by atoms with E-state index in [0.29, 0.717) is 5.92 Å². The summed E-state index contributed by atoms with van der Waals surface area (Å²) in [5, 5.41) is 12.1. The first-order valence-corrected chi connectivity index (χ1v) is 5.11. The number of rotatable bonds is 1. The zero-order valence-electron chi connectivity index (χ0n) is 8.16. The van der Waals surface area contributed by atoms with E-state index in [0.717, 1.165) is 18.7 Å². The molecule has 2 rings (SSSR count). The quantitative estimate of drug-likeness (QED) is 0.728. The molecule has 0 spiro atoms. The topological polar surface area (TPSA) is 35.8 Å². The number of hydrogen-bond donors (Lipinski definition) is 1. The molecule has 0 aromatic heterocycles. The number of nitrogens with zero attached hydrogens (tertiary/aromatic N) is 1. The second kappa shape index (κ2) is 4.26. The molecule has 0 bridgehead atoms. The summed E-state index contributed by atoms with van der Waals surface area (Å²) in [5.41, 5.74) is 2.11. The molecule has 2 nitrogen and oxygen atoms in total. The molecule has 1 atom stereocenters. The lowest BCUT2D eigenvalue weighted by molar-refractivity contribution is 0.461. The van der Waals surface area contributed by atoms with E-state index in [1.54, 1.807) is 0 Å². The minimum absolute atomic E-state index is 0.636. The van der Waals surface area contributed by atoms with Crippen molar-refractivity contribution in [1.29, 1.82) is 5.26 Å². The maximum Gasteiger partial charge on any atom is 0.0991 e. The van der Waals surface area contributed by atoms with Gasteiger partial charge in [-0.1, -0.05) is 12.1 Å². The Balaban J connectivity index is 2.12. The lowest BCUT2D eigenvalue weighted by Crippen LogP contribution is -2.28. The van der Waals surface area contributed by atoms with Crippen molar-refractivity contribution < 1.29 is 0 Å². The lowest BCUT2D eigenvalue weighted by atomic mass is 9.91. The van der Waals surface area contributed by atoms with Crippen molar-refractivity contribution >= 4 is 0 Å². The summed E-state index contributed by atoms with van der Waals surface area (Å²) in [4.78, 5) is 0. The summed E-state index contributed by atoms with van der Waals surface area (Å²) in [7, 11) is 0. The summed E-state index contributed by atoms with van der Waals surface area (Å²) in [6.07, 6.45) is 2.52. The van der Waals surface area contributed by atoms with Crippen LogP contribution in [0.3, 0.4) is 0 Å². The Hall–Kier alpha value is -1.33. The minimum Gasteiger partial charge on any atom is -0.316 e. The van der Waals surface area contributed by atoms with Crippen molar-refractivity contribution in [3.05, 3.63) is 35.4 Å². The van der Waals surface area contributed by atoms with Gasteiger partial charge in [-0.05, 0) is 43.0 Å². The third kappa shape index (κ3) is 1.94. The van der Waals surface area contributed by atoms with Crippen LogP contribution in [0.4, 0.5) is 0 Å². The predicted octanol–water partition coefficient (Wildman–Crippen LogP) is 2.03. The van der Waals surface area contributed by atoms with Crippen molar-refractivity contribution in [3.8, 4) is 6.07 Å². The van der Waals surface area contributed by atoms with Crippen LogP contribution in [0.2, 0.25) is 0 Å². The van der Waals surface area contributed by atoms with Gasteiger partial charge in [-0.2, -0.15) is 5.26 Å².